The van der Waals surface area contributed by atoms with Gasteiger partial charge in [0.25, 0.3) is 0 Å². The summed E-state index contributed by atoms with van der Waals surface area (Å²) in [5, 5.41) is 4.13. The monoisotopic (exact) mass is 277 g/mol. The fourth-order valence-corrected chi connectivity index (χ4v) is 3.21. The molecule has 7 nitrogen and oxygen atoms in total. The summed E-state index contributed by atoms with van der Waals surface area (Å²) in [6.07, 6.45) is 4.78. The van der Waals surface area contributed by atoms with E-state index in [9.17, 15) is 9.59 Å². The zero-order valence-electron chi connectivity index (χ0n) is 12.0. The lowest BCUT2D eigenvalue weighted by molar-refractivity contribution is -0.117. The van der Waals surface area contributed by atoms with Crippen molar-refractivity contribution in [1.29, 1.82) is 0 Å². The Morgan fingerprint density at radius 3 is 2.75 bits per heavy atom. The Balaban J connectivity index is 1.85. The van der Waals surface area contributed by atoms with Crippen molar-refractivity contribution in [3.05, 3.63) is 12.4 Å². The Morgan fingerprint density at radius 1 is 1.40 bits per heavy atom. The first kappa shape index (κ1) is 13.0. The molecule has 2 saturated heterocycles. The highest BCUT2D eigenvalue weighted by atomic mass is 16.2. The maximum absolute atomic E-state index is 12.3. The van der Waals surface area contributed by atoms with E-state index in [1.165, 1.54) is 0 Å². The van der Waals surface area contributed by atoms with Crippen LogP contribution in [0.5, 0.6) is 0 Å². The second kappa shape index (κ2) is 4.50. The molecule has 20 heavy (non-hydrogen) atoms. The number of carbonyl (C=O) groups is 2. The zero-order valence-corrected chi connectivity index (χ0v) is 12.0. The van der Waals surface area contributed by atoms with Crippen molar-refractivity contribution in [3.8, 4) is 0 Å². The summed E-state index contributed by atoms with van der Waals surface area (Å²) < 4.78 is 1.69. The third kappa shape index (κ3) is 1.85. The van der Waals surface area contributed by atoms with Crippen molar-refractivity contribution in [2.75, 3.05) is 25.5 Å². The second-order valence-electron chi connectivity index (χ2n) is 5.63. The highest BCUT2D eigenvalue weighted by Gasteiger charge is 2.49. The summed E-state index contributed by atoms with van der Waals surface area (Å²) >= 11 is 0. The third-order valence-electron chi connectivity index (χ3n) is 4.09. The van der Waals surface area contributed by atoms with Crippen LogP contribution >= 0.6 is 0 Å². The normalized spacial score (nSPS) is 25.2. The van der Waals surface area contributed by atoms with E-state index >= 15 is 0 Å². The molecular formula is C13H19N5O2. The maximum Gasteiger partial charge on any atom is 0.319 e. The van der Waals surface area contributed by atoms with Crippen molar-refractivity contribution >= 4 is 17.6 Å². The molecule has 3 amide bonds. The molecule has 0 saturated carbocycles. The van der Waals surface area contributed by atoms with E-state index in [4.69, 9.17) is 0 Å². The van der Waals surface area contributed by atoms with Crippen molar-refractivity contribution in [1.82, 2.24) is 19.6 Å². The van der Waals surface area contributed by atoms with Crippen LogP contribution in [0, 0.1) is 0 Å². The maximum atomic E-state index is 12.3. The number of hydrogen-bond donors (Lipinski definition) is 0. The first-order valence-electron chi connectivity index (χ1n) is 6.77. The number of urea groups is 1. The number of aromatic nitrogens is 2. The minimum atomic E-state index is -0.0161. The van der Waals surface area contributed by atoms with Gasteiger partial charge < -0.3 is 14.7 Å². The zero-order chi connectivity index (χ0) is 14.4. The smallest absolute Gasteiger partial charge is 0.319 e. The lowest BCUT2D eigenvalue weighted by Crippen LogP contribution is -2.44. The summed E-state index contributed by atoms with van der Waals surface area (Å²) in [5.41, 5.74) is 0.823. The molecule has 0 bridgehead atoms. The van der Waals surface area contributed by atoms with Gasteiger partial charge in [-0.3, -0.25) is 9.48 Å². The number of rotatable bonds is 1. The number of anilines is 1. The molecule has 0 radical (unpaired) electrons. The van der Waals surface area contributed by atoms with Crippen molar-refractivity contribution in [2.24, 2.45) is 7.05 Å². The van der Waals surface area contributed by atoms with Crippen molar-refractivity contribution < 1.29 is 9.59 Å². The molecule has 2 aliphatic rings. The van der Waals surface area contributed by atoms with Gasteiger partial charge >= 0.3 is 6.03 Å². The third-order valence-corrected chi connectivity index (χ3v) is 4.09. The number of likely N-dealkylation sites (tertiary alicyclic amines) is 1. The number of amides is 3. The van der Waals surface area contributed by atoms with Gasteiger partial charge in [0.2, 0.25) is 5.91 Å². The molecular weight excluding hydrogens is 258 g/mol. The lowest BCUT2D eigenvalue weighted by Gasteiger charge is -2.27. The molecule has 0 aliphatic carbocycles. The lowest BCUT2D eigenvalue weighted by atomic mass is 10.1. The van der Waals surface area contributed by atoms with Gasteiger partial charge in [-0.2, -0.15) is 5.10 Å². The molecule has 0 aromatic carbocycles. The molecule has 2 aliphatic heterocycles. The van der Waals surface area contributed by atoms with Crippen LogP contribution in [0.4, 0.5) is 10.5 Å². The van der Waals surface area contributed by atoms with Crippen LogP contribution in [0.15, 0.2) is 12.4 Å². The van der Waals surface area contributed by atoms with Crippen molar-refractivity contribution in [2.45, 2.75) is 24.9 Å². The summed E-state index contributed by atoms with van der Waals surface area (Å²) in [7, 11) is 5.31. The van der Waals surface area contributed by atoms with Crippen molar-refractivity contribution in [3.63, 3.8) is 0 Å². The summed E-state index contributed by atoms with van der Waals surface area (Å²) in [4.78, 5) is 29.6. The van der Waals surface area contributed by atoms with Gasteiger partial charge in [0.05, 0.1) is 24.0 Å². The van der Waals surface area contributed by atoms with Crippen LogP contribution in [-0.2, 0) is 11.8 Å². The van der Waals surface area contributed by atoms with Gasteiger partial charge in [-0.05, 0) is 6.42 Å². The summed E-state index contributed by atoms with van der Waals surface area (Å²) in [6, 6.07) is 0.0477. The second-order valence-corrected chi connectivity index (χ2v) is 5.63. The molecule has 0 unspecified atom stereocenters. The number of nitrogens with zero attached hydrogens (tertiary/aromatic N) is 5. The van der Waals surface area contributed by atoms with E-state index in [0.29, 0.717) is 13.0 Å². The Bertz CT molecular complexity index is 553. The Hall–Kier alpha value is -2.05. The Labute approximate surface area is 117 Å². The fraction of sp³-hybridized carbons (Fsp3) is 0.615. The molecule has 7 heteroatoms. The number of fused-ring (bicyclic) bond motifs is 1. The highest BCUT2D eigenvalue weighted by molar-refractivity contribution is 5.97. The first-order chi connectivity index (χ1) is 9.49. The van der Waals surface area contributed by atoms with Crippen LogP contribution in [0.1, 0.15) is 12.8 Å². The van der Waals surface area contributed by atoms with Gasteiger partial charge in [-0.25, -0.2) is 4.79 Å². The van der Waals surface area contributed by atoms with E-state index in [2.05, 4.69) is 5.10 Å². The fourth-order valence-electron chi connectivity index (χ4n) is 3.21. The molecule has 2 fully saturated rings. The first-order valence-corrected chi connectivity index (χ1v) is 6.77. The predicted octanol–water partition coefficient (Wildman–Crippen LogP) is 0.281. The number of carbonyl (C=O) groups excluding carboxylic acids is 2. The van der Waals surface area contributed by atoms with Gasteiger partial charge in [-0.1, -0.05) is 0 Å². The van der Waals surface area contributed by atoms with Crippen LogP contribution in [-0.4, -0.2) is 64.2 Å². The minimum absolute atomic E-state index is 0.0154. The van der Waals surface area contributed by atoms with E-state index in [0.717, 1.165) is 12.1 Å². The Kier molecular flexibility index (Phi) is 2.92. The van der Waals surface area contributed by atoms with E-state index in [1.807, 2.05) is 18.1 Å². The Morgan fingerprint density at radius 2 is 2.15 bits per heavy atom. The van der Waals surface area contributed by atoms with Gasteiger partial charge in [-0.15, -0.1) is 0 Å². The minimum Gasteiger partial charge on any atom is -0.331 e. The van der Waals surface area contributed by atoms with Crippen LogP contribution in [0.25, 0.3) is 0 Å². The predicted molar refractivity (Wildman–Crippen MR) is 73.3 cm³/mol. The van der Waals surface area contributed by atoms with Crippen LogP contribution in [0.3, 0.4) is 0 Å². The van der Waals surface area contributed by atoms with Crippen LogP contribution in [0.2, 0.25) is 0 Å². The SMILES string of the molecule is CN(C)C(=O)N1CC[C@H]2[C@H]1CC(=O)N2c1cnn(C)c1. The molecule has 3 heterocycles. The van der Waals surface area contributed by atoms with E-state index < -0.39 is 0 Å². The van der Waals surface area contributed by atoms with Gasteiger partial charge in [0, 0.05) is 40.3 Å². The molecule has 0 spiro atoms. The topological polar surface area (TPSA) is 61.7 Å². The van der Waals surface area contributed by atoms with E-state index in [-0.39, 0.29) is 24.0 Å². The molecule has 3 rings (SSSR count). The van der Waals surface area contributed by atoms with Gasteiger partial charge in [0.1, 0.15) is 0 Å². The molecule has 108 valence electrons. The average molecular weight is 277 g/mol. The molecule has 1 aromatic rings. The summed E-state index contributed by atoms with van der Waals surface area (Å²) in [5.74, 6) is 0.0734. The average Bonchev–Trinajstić information content (AvgIpc) is 3.03. The number of hydrogen-bond acceptors (Lipinski definition) is 3. The number of aryl methyl sites for hydroxylation is 1. The summed E-state index contributed by atoms with van der Waals surface area (Å²) in [6.45, 7) is 0.705. The van der Waals surface area contributed by atoms with Crippen LogP contribution < -0.4 is 4.90 Å². The van der Waals surface area contributed by atoms with E-state index in [1.54, 1.807) is 34.8 Å². The standard InChI is InChI=1S/C13H19N5O2/c1-15(2)13(20)17-5-4-10-11(17)6-12(19)18(10)9-7-14-16(3)8-9/h7-8,10-11H,4-6H2,1-3H3/t10-,11+/m0/s1. The molecule has 0 N–H and O–H groups in total. The molecule has 2 atom stereocenters. The van der Waals surface area contributed by atoms with Gasteiger partial charge in [0.15, 0.2) is 0 Å². The molecule has 1 aromatic heterocycles. The highest BCUT2D eigenvalue weighted by Crippen LogP contribution is 2.36. The largest absolute Gasteiger partial charge is 0.331 e. The quantitative estimate of drug-likeness (QED) is 0.741.